The average Bonchev–Trinajstić information content (AvgIpc) is 3.38. The number of pyridine rings is 1. The van der Waals surface area contributed by atoms with Gasteiger partial charge in [-0.3, -0.25) is 9.89 Å². The van der Waals surface area contributed by atoms with Gasteiger partial charge in [0.2, 0.25) is 0 Å². The van der Waals surface area contributed by atoms with E-state index in [-0.39, 0.29) is 5.91 Å². The van der Waals surface area contributed by atoms with Gasteiger partial charge in [-0.15, -0.1) is 0 Å². The lowest BCUT2D eigenvalue weighted by molar-refractivity contribution is 0.0740. The molecular weight excluding hydrogens is 304 g/mol. The van der Waals surface area contributed by atoms with Gasteiger partial charge in [0.25, 0.3) is 5.91 Å². The molecule has 0 spiro atoms. The van der Waals surface area contributed by atoms with Crippen molar-refractivity contribution >= 4 is 11.7 Å². The Bertz CT molecular complexity index is 795. The summed E-state index contributed by atoms with van der Waals surface area (Å²) in [6.45, 7) is 2.66. The van der Waals surface area contributed by atoms with Crippen molar-refractivity contribution in [1.82, 2.24) is 20.1 Å². The molecule has 4 rings (SSSR count). The van der Waals surface area contributed by atoms with Crippen molar-refractivity contribution in [3.63, 3.8) is 0 Å². The normalized spacial score (nSPS) is 17.6. The lowest BCUT2D eigenvalue weighted by atomic mass is 10.2. The minimum absolute atomic E-state index is 0.0171. The van der Waals surface area contributed by atoms with Crippen molar-refractivity contribution in [1.29, 1.82) is 5.26 Å². The number of nitrogens with zero attached hydrogens (tertiary/aromatic N) is 5. The van der Waals surface area contributed by atoms with E-state index < -0.39 is 0 Å². The molecule has 0 aromatic carbocycles. The molecule has 1 saturated carbocycles. The molecule has 1 saturated heterocycles. The summed E-state index contributed by atoms with van der Waals surface area (Å²) in [4.78, 5) is 20.8. The third kappa shape index (κ3) is 2.83. The first-order valence-corrected chi connectivity index (χ1v) is 8.20. The number of H-pyrrole nitrogens is 1. The van der Waals surface area contributed by atoms with Gasteiger partial charge < -0.3 is 9.80 Å². The van der Waals surface area contributed by atoms with Crippen LogP contribution in [0.4, 0.5) is 5.82 Å². The van der Waals surface area contributed by atoms with Crippen molar-refractivity contribution in [3.05, 3.63) is 41.3 Å². The minimum atomic E-state index is -0.0171. The van der Waals surface area contributed by atoms with Gasteiger partial charge in [-0.05, 0) is 31.0 Å². The molecular formula is C17H18N6O. The van der Waals surface area contributed by atoms with Crippen LogP contribution in [0, 0.1) is 11.3 Å². The van der Waals surface area contributed by atoms with E-state index in [2.05, 4.69) is 26.2 Å². The summed E-state index contributed by atoms with van der Waals surface area (Å²) in [5.74, 6) is 1.34. The number of piperazine rings is 1. The Kier molecular flexibility index (Phi) is 3.65. The van der Waals surface area contributed by atoms with E-state index >= 15 is 0 Å². The number of hydrogen-bond donors (Lipinski definition) is 1. The number of aromatic nitrogens is 3. The fourth-order valence-electron chi connectivity index (χ4n) is 3.01. The number of rotatable bonds is 3. The van der Waals surface area contributed by atoms with Crippen molar-refractivity contribution < 1.29 is 4.79 Å². The minimum Gasteiger partial charge on any atom is -0.353 e. The van der Waals surface area contributed by atoms with Crippen LogP contribution in [-0.4, -0.2) is 52.2 Å². The molecule has 0 radical (unpaired) electrons. The van der Waals surface area contributed by atoms with Crippen LogP contribution in [0.3, 0.4) is 0 Å². The molecule has 1 aliphatic carbocycles. The zero-order valence-electron chi connectivity index (χ0n) is 13.3. The molecule has 122 valence electrons. The summed E-state index contributed by atoms with van der Waals surface area (Å²) in [6, 6.07) is 7.50. The highest BCUT2D eigenvalue weighted by Gasteiger charge is 2.29. The van der Waals surface area contributed by atoms with Crippen LogP contribution in [0.25, 0.3) is 0 Å². The number of nitriles is 1. The second kappa shape index (κ2) is 5.96. The van der Waals surface area contributed by atoms with E-state index in [1.54, 1.807) is 18.3 Å². The van der Waals surface area contributed by atoms with Crippen molar-refractivity contribution in [2.24, 2.45) is 0 Å². The molecule has 1 N–H and O–H groups in total. The Labute approximate surface area is 139 Å². The zero-order chi connectivity index (χ0) is 16.5. The van der Waals surface area contributed by atoms with E-state index in [0.717, 1.165) is 11.5 Å². The smallest absolute Gasteiger partial charge is 0.274 e. The third-order valence-electron chi connectivity index (χ3n) is 4.60. The molecule has 1 aliphatic heterocycles. The Balaban J connectivity index is 1.39. The van der Waals surface area contributed by atoms with Gasteiger partial charge in [0.1, 0.15) is 11.5 Å². The monoisotopic (exact) mass is 322 g/mol. The van der Waals surface area contributed by atoms with Crippen LogP contribution < -0.4 is 4.90 Å². The van der Waals surface area contributed by atoms with Crippen LogP contribution >= 0.6 is 0 Å². The number of aromatic amines is 1. The van der Waals surface area contributed by atoms with Gasteiger partial charge in [0.05, 0.1) is 11.6 Å². The Morgan fingerprint density at radius 1 is 1.25 bits per heavy atom. The largest absolute Gasteiger partial charge is 0.353 e. The fourth-order valence-corrected chi connectivity index (χ4v) is 3.01. The van der Waals surface area contributed by atoms with Gasteiger partial charge in [0.15, 0.2) is 0 Å². The standard InChI is InChI=1S/C17H18N6O/c18-11-12-3-4-19-16(9-12)22-5-7-23(8-6-22)17(24)15-10-14(20-21-15)13-1-2-13/h3-4,9-10,13H,1-2,5-8H2,(H,20,21). The second-order valence-corrected chi connectivity index (χ2v) is 6.28. The molecule has 7 heteroatoms. The van der Waals surface area contributed by atoms with E-state index in [9.17, 15) is 4.79 Å². The lowest BCUT2D eigenvalue weighted by Crippen LogP contribution is -2.49. The van der Waals surface area contributed by atoms with Crippen LogP contribution in [0.2, 0.25) is 0 Å². The first-order chi connectivity index (χ1) is 11.7. The highest BCUT2D eigenvalue weighted by Crippen LogP contribution is 2.39. The molecule has 7 nitrogen and oxygen atoms in total. The molecule has 2 aliphatic rings. The number of anilines is 1. The van der Waals surface area contributed by atoms with E-state index in [0.29, 0.717) is 43.4 Å². The number of amides is 1. The van der Waals surface area contributed by atoms with Crippen LogP contribution in [0.1, 0.15) is 40.5 Å². The molecule has 0 unspecified atom stereocenters. The van der Waals surface area contributed by atoms with E-state index in [4.69, 9.17) is 5.26 Å². The highest BCUT2D eigenvalue weighted by atomic mass is 16.2. The Hall–Kier alpha value is -2.88. The quantitative estimate of drug-likeness (QED) is 0.925. The first-order valence-electron chi connectivity index (χ1n) is 8.20. The zero-order valence-corrected chi connectivity index (χ0v) is 13.3. The molecule has 0 bridgehead atoms. The fraction of sp³-hybridized carbons (Fsp3) is 0.412. The SMILES string of the molecule is N#Cc1ccnc(N2CCN(C(=O)c3cc(C4CC4)[nH]n3)CC2)c1. The van der Waals surface area contributed by atoms with Crippen LogP contribution in [-0.2, 0) is 0 Å². The van der Waals surface area contributed by atoms with Crippen molar-refractivity contribution in [3.8, 4) is 6.07 Å². The predicted octanol–water partition coefficient (Wildman–Crippen LogP) is 1.52. The summed E-state index contributed by atoms with van der Waals surface area (Å²) in [6.07, 6.45) is 4.01. The maximum absolute atomic E-state index is 12.6. The topological polar surface area (TPSA) is 88.9 Å². The predicted molar refractivity (Wildman–Crippen MR) is 87.6 cm³/mol. The summed E-state index contributed by atoms with van der Waals surface area (Å²) in [5.41, 5.74) is 2.19. The summed E-state index contributed by atoms with van der Waals surface area (Å²) in [5, 5.41) is 16.1. The number of carbonyl (C=O) groups is 1. The maximum Gasteiger partial charge on any atom is 0.274 e. The van der Waals surface area contributed by atoms with Gasteiger partial charge >= 0.3 is 0 Å². The Morgan fingerprint density at radius 3 is 2.75 bits per heavy atom. The summed E-state index contributed by atoms with van der Waals surface area (Å²) in [7, 11) is 0. The highest BCUT2D eigenvalue weighted by molar-refractivity contribution is 5.92. The second-order valence-electron chi connectivity index (χ2n) is 6.28. The number of hydrogen-bond acceptors (Lipinski definition) is 5. The van der Waals surface area contributed by atoms with E-state index in [1.807, 2.05) is 11.0 Å². The number of carbonyl (C=O) groups excluding carboxylic acids is 1. The molecule has 3 heterocycles. The van der Waals surface area contributed by atoms with Gasteiger partial charge in [-0.1, -0.05) is 0 Å². The first kappa shape index (κ1) is 14.7. The molecule has 2 aromatic rings. The molecule has 2 fully saturated rings. The van der Waals surface area contributed by atoms with Gasteiger partial charge in [-0.25, -0.2) is 4.98 Å². The lowest BCUT2D eigenvalue weighted by Gasteiger charge is -2.35. The number of nitrogens with one attached hydrogen (secondary N) is 1. The van der Waals surface area contributed by atoms with E-state index in [1.165, 1.54) is 12.8 Å². The van der Waals surface area contributed by atoms with Gasteiger partial charge in [0, 0.05) is 44.0 Å². The molecule has 24 heavy (non-hydrogen) atoms. The summed E-state index contributed by atoms with van der Waals surface area (Å²) >= 11 is 0. The summed E-state index contributed by atoms with van der Waals surface area (Å²) < 4.78 is 0. The van der Waals surface area contributed by atoms with Gasteiger partial charge in [-0.2, -0.15) is 10.4 Å². The van der Waals surface area contributed by atoms with Crippen molar-refractivity contribution in [2.75, 3.05) is 31.1 Å². The van der Waals surface area contributed by atoms with Crippen LogP contribution in [0.5, 0.6) is 0 Å². The molecule has 1 amide bonds. The van der Waals surface area contributed by atoms with Crippen molar-refractivity contribution in [2.45, 2.75) is 18.8 Å². The molecule has 2 aromatic heterocycles. The third-order valence-corrected chi connectivity index (χ3v) is 4.60. The maximum atomic E-state index is 12.6. The van der Waals surface area contributed by atoms with Crippen LogP contribution in [0.15, 0.2) is 24.4 Å². The average molecular weight is 322 g/mol. The Morgan fingerprint density at radius 2 is 2.04 bits per heavy atom. The molecule has 0 atom stereocenters.